The van der Waals surface area contributed by atoms with Crippen LogP contribution in [0.1, 0.15) is 11.1 Å². The SMILES string of the molecule is C#CCOc1ccccc1CNC(Cc1cc(Cl)sc1Cl)C(=O)O. The van der Waals surface area contributed by atoms with Crippen molar-refractivity contribution in [2.75, 3.05) is 6.61 Å². The van der Waals surface area contributed by atoms with Crippen molar-refractivity contribution in [3.8, 4) is 18.1 Å². The van der Waals surface area contributed by atoms with Crippen LogP contribution in [0, 0.1) is 12.3 Å². The zero-order chi connectivity index (χ0) is 17.5. The Labute approximate surface area is 154 Å². The average molecular weight is 384 g/mol. The summed E-state index contributed by atoms with van der Waals surface area (Å²) in [5.74, 6) is 2.07. The molecule has 1 aromatic carbocycles. The second kappa shape index (κ2) is 8.95. The van der Waals surface area contributed by atoms with Crippen molar-refractivity contribution in [3.63, 3.8) is 0 Å². The molecule has 1 unspecified atom stereocenters. The number of nitrogens with one attached hydrogen (secondary N) is 1. The lowest BCUT2D eigenvalue weighted by Gasteiger charge is -2.16. The van der Waals surface area contributed by atoms with Crippen molar-refractivity contribution in [3.05, 3.63) is 50.1 Å². The highest BCUT2D eigenvalue weighted by molar-refractivity contribution is 7.20. The lowest BCUT2D eigenvalue weighted by molar-refractivity contribution is -0.139. The highest BCUT2D eigenvalue weighted by atomic mass is 35.5. The molecule has 0 aliphatic rings. The van der Waals surface area contributed by atoms with Crippen LogP contribution in [0.2, 0.25) is 8.67 Å². The molecule has 0 saturated heterocycles. The first-order valence-corrected chi connectivity index (χ1v) is 8.62. The molecule has 7 heteroatoms. The summed E-state index contributed by atoms with van der Waals surface area (Å²) in [6, 6.07) is 8.22. The molecule has 4 nitrogen and oxygen atoms in total. The van der Waals surface area contributed by atoms with E-state index in [0.29, 0.717) is 26.5 Å². The molecule has 0 aliphatic heterocycles. The molecule has 2 rings (SSSR count). The number of hydrogen-bond acceptors (Lipinski definition) is 4. The zero-order valence-corrected chi connectivity index (χ0v) is 14.9. The first kappa shape index (κ1) is 18.6. The Morgan fingerprint density at radius 2 is 2.12 bits per heavy atom. The third-order valence-corrected chi connectivity index (χ3v) is 4.84. The Hall–Kier alpha value is -1.71. The number of hydrogen-bond donors (Lipinski definition) is 2. The van der Waals surface area contributed by atoms with Gasteiger partial charge in [-0.3, -0.25) is 10.1 Å². The van der Waals surface area contributed by atoms with Gasteiger partial charge in [0.1, 0.15) is 18.4 Å². The van der Waals surface area contributed by atoms with Gasteiger partial charge in [0.25, 0.3) is 0 Å². The fraction of sp³-hybridized carbons (Fsp3) is 0.235. The molecule has 0 radical (unpaired) electrons. The maximum Gasteiger partial charge on any atom is 0.321 e. The molecule has 126 valence electrons. The van der Waals surface area contributed by atoms with Gasteiger partial charge in [0.2, 0.25) is 0 Å². The lowest BCUT2D eigenvalue weighted by atomic mass is 10.1. The molecule has 2 aromatic rings. The Bertz CT molecular complexity index is 755. The number of benzene rings is 1. The average Bonchev–Trinajstić information content (AvgIpc) is 2.87. The molecule has 0 fully saturated rings. The molecule has 0 aliphatic carbocycles. The minimum absolute atomic E-state index is 0.155. The minimum atomic E-state index is -0.963. The van der Waals surface area contributed by atoms with Gasteiger partial charge in [0.15, 0.2) is 0 Å². The smallest absolute Gasteiger partial charge is 0.321 e. The molecular weight excluding hydrogens is 369 g/mol. The highest BCUT2D eigenvalue weighted by Crippen LogP contribution is 2.32. The standard InChI is InChI=1S/C17H15Cl2NO3S/c1-2-7-23-14-6-4-3-5-11(14)10-20-13(17(21)22)8-12-9-15(18)24-16(12)19/h1,3-6,9,13,20H,7-8,10H2,(H,21,22). The van der Waals surface area contributed by atoms with Crippen LogP contribution in [-0.4, -0.2) is 23.7 Å². The maximum absolute atomic E-state index is 11.5. The number of halogens is 2. The second-order valence-electron chi connectivity index (χ2n) is 4.93. The quantitative estimate of drug-likeness (QED) is 0.679. The Balaban J connectivity index is 2.06. The van der Waals surface area contributed by atoms with E-state index < -0.39 is 12.0 Å². The van der Waals surface area contributed by atoms with Gasteiger partial charge in [-0.15, -0.1) is 17.8 Å². The van der Waals surface area contributed by atoms with Crippen LogP contribution in [0.15, 0.2) is 30.3 Å². The summed E-state index contributed by atoms with van der Waals surface area (Å²) in [4.78, 5) is 11.5. The van der Waals surface area contributed by atoms with Crippen LogP contribution in [0.4, 0.5) is 0 Å². The van der Waals surface area contributed by atoms with Gasteiger partial charge in [0.05, 0.1) is 8.67 Å². The summed E-state index contributed by atoms with van der Waals surface area (Å²) in [7, 11) is 0. The van der Waals surface area contributed by atoms with E-state index in [9.17, 15) is 9.90 Å². The molecule has 1 aromatic heterocycles. The molecule has 0 saturated carbocycles. The number of carbonyl (C=O) groups is 1. The Morgan fingerprint density at radius 1 is 1.38 bits per heavy atom. The van der Waals surface area contributed by atoms with Crippen LogP contribution in [0.5, 0.6) is 5.75 Å². The van der Waals surface area contributed by atoms with Gasteiger partial charge in [-0.05, 0) is 17.7 Å². The van der Waals surface area contributed by atoms with E-state index in [1.807, 2.05) is 18.2 Å². The van der Waals surface area contributed by atoms with Crippen LogP contribution in [-0.2, 0) is 17.8 Å². The van der Waals surface area contributed by atoms with E-state index in [0.717, 1.165) is 5.56 Å². The fourth-order valence-corrected chi connectivity index (χ4v) is 3.63. The number of carboxylic acids is 1. The Morgan fingerprint density at radius 3 is 2.75 bits per heavy atom. The number of thiophene rings is 1. The van der Waals surface area contributed by atoms with E-state index in [4.69, 9.17) is 34.4 Å². The van der Waals surface area contributed by atoms with Gasteiger partial charge in [0, 0.05) is 18.5 Å². The largest absolute Gasteiger partial charge is 0.481 e. The predicted octanol–water partition coefficient (Wildman–Crippen LogP) is 3.85. The number of terminal acetylenes is 1. The monoisotopic (exact) mass is 383 g/mol. The minimum Gasteiger partial charge on any atom is -0.481 e. The van der Waals surface area contributed by atoms with E-state index in [1.165, 1.54) is 11.3 Å². The summed E-state index contributed by atoms with van der Waals surface area (Å²) in [6.45, 7) is 0.482. The van der Waals surface area contributed by atoms with Crippen LogP contribution >= 0.6 is 34.5 Å². The molecule has 1 heterocycles. The van der Waals surface area contributed by atoms with Crippen molar-refractivity contribution in [2.24, 2.45) is 0 Å². The third kappa shape index (κ3) is 5.15. The first-order chi connectivity index (χ1) is 11.5. The van der Waals surface area contributed by atoms with Crippen molar-refractivity contribution < 1.29 is 14.6 Å². The van der Waals surface area contributed by atoms with Crippen LogP contribution in [0.3, 0.4) is 0 Å². The van der Waals surface area contributed by atoms with Crippen molar-refractivity contribution >= 4 is 40.5 Å². The topological polar surface area (TPSA) is 58.6 Å². The first-order valence-electron chi connectivity index (χ1n) is 7.05. The van der Waals surface area contributed by atoms with Gasteiger partial charge in [-0.25, -0.2) is 0 Å². The molecule has 2 N–H and O–H groups in total. The van der Waals surface area contributed by atoms with Gasteiger partial charge in [-0.2, -0.15) is 0 Å². The summed E-state index contributed by atoms with van der Waals surface area (Å²) in [5, 5.41) is 12.4. The van der Waals surface area contributed by atoms with Crippen molar-refractivity contribution in [1.82, 2.24) is 5.32 Å². The van der Waals surface area contributed by atoms with Crippen LogP contribution < -0.4 is 10.1 Å². The molecular formula is C17H15Cl2NO3S. The second-order valence-corrected chi connectivity index (χ2v) is 7.21. The van der Waals surface area contributed by atoms with E-state index in [2.05, 4.69) is 11.2 Å². The zero-order valence-electron chi connectivity index (χ0n) is 12.6. The lowest BCUT2D eigenvalue weighted by Crippen LogP contribution is -2.38. The fourth-order valence-electron chi connectivity index (χ4n) is 2.12. The number of aliphatic carboxylic acids is 1. The molecule has 24 heavy (non-hydrogen) atoms. The van der Waals surface area contributed by atoms with Crippen LogP contribution in [0.25, 0.3) is 0 Å². The number of carboxylic acid groups (broad SMARTS) is 1. The van der Waals surface area contributed by atoms with E-state index in [1.54, 1.807) is 12.1 Å². The normalized spacial score (nSPS) is 11.7. The molecule has 0 spiro atoms. The molecule has 0 amide bonds. The van der Waals surface area contributed by atoms with Crippen molar-refractivity contribution in [1.29, 1.82) is 0 Å². The number of ether oxygens (including phenoxy) is 1. The predicted molar refractivity (Wildman–Crippen MR) is 97.1 cm³/mol. The summed E-state index contributed by atoms with van der Waals surface area (Å²) in [5.41, 5.74) is 1.54. The summed E-state index contributed by atoms with van der Waals surface area (Å²) >= 11 is 13.2. The van der Waals surface area contributed by atoms with E-state index in [-0.39, 0.29) is 13.0 Å². The van der Waals surface area contributed by atoms with Gasteiger partial charge >= 0.3 is 5.97 Å². The Kier molecular flexibility index (Phi) is 6.95. The summed E-state index contributed by atoms with van der Waals surface area (Å²) in [6.07, 6.45) is 5.44. The van der Waals surface area contributed by atoms with Gasteiger partial charge < -0.3 is 9.84 Å². The maximum atomic E-state index is 11.5. The van der Waals surface area contributed by atoms with Crippen molar-refractivity contribution in [2.45, 2.75) is 19.0 Å². The van der Waals surface area contributed by atoms with Gasteiger partial charge in [-0.1, -0.05) is 47.3 Å². The molecule has 0 bridgehead atoms. The highest BCUT2D eigenvalue weighted by Gasteiger charge is 2.20. The number of rotatable bonds is 8. The molecule has 1 atom stereocenters. The number of para-hydroxylation sites is 1. The summed E-state index contributed by atoms with van der Waals surface area (Å²) < 4.78 is 6.50. The third-order valence-electron chi connectivity index (χ3n) is 3.27. The van der Waals surface area contributed by atoms with E-state index >= 15 is 0 Å².